The largest absolute Gasteiger partial charge is 0.411 e. The van der Waals surface area contributed by atoms with Gasteiger partial charge in [-0.15, -0.1) is 5.10 Å². The summed E-state index contributed by atoms with van der Waals surface area (Å²) in [6, 6.07) is 6.75. The third-order valence-corrected chi connectivity index (χ3v) is 2.30. The highest BCUT2D eigenvalue weighted by Crippen LogP contribution is 2.21. The third kappa shape index (κ3) is 2.26. The summed E-state index contributed by atoms with van der Waals surface area (Å²) in [5.74, 6) is 0.141. The number of hydrogen-bond donors (Lipinski definition) is 2. The molecular formula is C9H7ClN2O2S. The number of nitrogens with zero attached hydrogens (tertiary/aromatic N) is 1. The lowest BCUT2D eigenvalue weighted by Crippen LogP contribution is -1.99. The molecule has 0 amide bonds. The molecule has 0 aliphatic heterocycles. The first-order chi connectivity index (χ1) is 7.16. The Bertz CT molecular complexity index is 505. The number of aliphatic hydroxyl groups excluding tert-OH is 1. The Hall–Kier alpha value is -1.17. The Labute approximate surface area is 95.5 Å². The maximum Gasteiger partial charge on any atom is 0.284 e. The fourth-order valence-corrected chi connectivity index (χ4v) is 1.40. The molecule has 1 heterocycles. The van der Waals surface area contributed by atoms with E-state index in [-0.39, 0.29) is 10.7 Å². The maximum absolute atomic E-state index is 9.83. The average Bonchev–Trinajstić information content (AvgIpc) is 2.65. The molecule has 4 nitrogen and oxygen atoms in total. The minimum atomic E-state index is -0.935. The fourth-order valence-electron chi connectivity index (χ4n) is 1.15. The molecule has 0 spiro atoms. The molecule has 1 aromatic carbocycles. The van der Waals surface area contributed by atoms with Crippen LogP contribution in [0.3, 0.4) is 0 Å². The van der Waals surface area contributed by atoms with Crippen molar-refractivity contribution >= 4 is 23.8 Å². The molecule has 0 unspecified atom stereocenters. The van der Waals surface area contributed by atoms with Crippen molar-refractivity contribution in [3.63, 3.8) is 0 Å². The van der Waals surface area contributed by atoms with E-state index in [0.29, 0.717) is 10.6 Å². The van der Waals surface area contributed by atoms with Gasteiger partial charge in [0.15, 0.2) is 6.10 Å². The van der Waals surface area contributed by atoms with Crippen LogP contribution in [-0.2, 0) is 0 Å². The lowest BCUT2D eigenvalue weighted by atomic mass is 10.1. The normalized spacial score (nSPS) is 12.7. The van der Waals surface area contributed by atoms with Crippen LogP contribution in [0.25, 0.3) is 0 Å². The van der Waals surface area contributed by atoms with Gasteiger partial charge in [0.2, 0.25) is 5.89 Å². The first-order valence-electron chi connectivity index (χ1n) is 4.16. The summed E-state index contributed by atoms with van der Waals surface area (Å²) in [6.07, 6.45) is -0.935. The van der Waals surface area contributed by atoms with Crippen molar-refractivity contribution in [2.45, 2.75) is 6.10 Å². The molecule has 15 heavy (non-hydrogen) atoms. The van der Waals surface area contributed by atoms with Crippen LogP contribution in [0.5, 0.6) is 0 Å². The Morgan fingerprint density at radius 2 is 2.07 bits per heavy atom. The topological polar surface area (TPSA) is 62.1 Å². The molecule has 0 saturated carbocycles. The smallest absolute Gasteiger partial charge is 0.284 e. The van der Waals surface area contributed by atoms with Crippen molar-refractivity contribution < 1.29 is 9.52 Å². The number of aliphatic hydroxyl groups is 1. The predicted octanol–water partition coefficient (Wildman–Crippen LogP) is 2.47. The Kier molecular flexibility index (Phi) is 2.86. The van der Waals surface area contributed by atoms with Gasteiger partial charge < -0.3 is 9.52 Å². The van der Waals surface area contributed by atoms with Gasteiger partial charge in [-0.25, -0.2) is 5.10 Å². The van der Waals surface area contributed by atoms with Gasteiger partial charge in [-0.2, -0.15) is 0 Å². The van der Waals surface area contributed by atoms with Gasteiger partial charge >= 0.3 is 0 Å². The van der Waals surface area contributed by atoms with Gasteiger partial charge in [-0.05, 0) is 29.9 Å². The number of benzene rings is 1. The monoisotopic (exact) mass is 242 g/mol. The molecule has 0 bridgehead atoms. The van der Waals surface area contributed by atoms with Crippen molar-refractivity contribution in [2.24, 2.45) is 0 Å². The number of H-pyrrole nitrogens is 1. The summed E-state index contributed by atoms with van der Waals surface area (Å²) >= 11 is 10.4. The summed E-state index contributed by atoms with van der Waals surface area (Å²) in [4.78, 5) is 0.137. The van der Waals surface area contributed by atoms with Crippen molar-refractivity contribution in [2.75, 3.05) is 0 Å². The molecule has 0 fully saturated rings. The highest BCUT2D eigenvalue weighted by molar-refractivity contribution is 7.71. The van der Waals surface area contributed by atoms with Gasteiger partial charge in [0.1, 0.15) is 0 Å². The van der Waals surface area contributed by atoms with Gasteiger partial charge in [0, 0.05) is 5.02 Å². The second kappa shape index (κ2) is 4.14. The van der Waals surface area contributed by atoms with E-state index in [1.165, 1.54) is 0 Å². The second-order valence-corrected chi connectivity index (χ2v) is 3.71. The average molecular weight is 243 g/mol. The van der Waals surface area contributed by atoms with E-state index in [1.54, 1.807) is 24.3 Å². The number of halogens is 1. The summed E-state index contributed by atoms with van der Waals surface area (Å²) in [5.41, 5.74) is 0.643. The Balaban J connectivity index is 2.31. The molecule has 0 aliphatic rings. The van der Waals surface area contributed by atoms with Gasteiger partial charge in [-0.3, -0.25) is 0 Å². The van der Waals surface area contributed by atoms with Crippen LogP contribution >= 0.6 is 23.8 Å². The molecule has 2 aromatic rings. The number of rotatable bonds is 2. The molecule has 1 aromatic heterocycles. The molecule has 0 aliphatic carbocycles. The van der Waals surface area contributed by atoms with Crippen LogP contribution in [0, 0.1) is 4.84 Å². The molecule has 1 atom stereocenters. The number of aromatic nitrogens is 2. The molecular weight excluding hydrogens is 236 g/mol. The number of aromatic amines is 1. The van der Waals surface area contributed by atoms with E-state index in [2.05, 4.69) is 10.2 Å². The Morgan fingerprint density at radius 1 is 1.40 bits per heavy atom. The predicted molar refractivity (Wildman–Crippen MR) is 57.2 cm³/mol. The van der Waals surface area contributed by atoms with Crippen molar-refractivity contribution in [3.8, 4) is 0 Å². The lowest BCUT2D eigenvalue weighted by molar-refractivity contribution is 0.181. The van der Waals surface area contributed by atoms with Crippen LogP contribution in [-0.4, -0.2) is 15.3 Å². The minimum Gasteiger partial charge on any atom is -0.411 e. The molecule has 0 radical (unpaired) electrons. The van der Waals surface area contributed by atoms with Crippen LogP contribution in [0.2, 0.25) is 5.02 Å². The van der Waals surface area contributed by atoms with Crippen LogP contribution in [0.15, 0.2) is 28.7 Å². The zero-order valence-electron chi connectivity index (χ0n) is 7.48. The molecule has 0 saturated heterocycles. The van der Waals surface area contributed by atoms with Gasteiger partial charge in [-0.1, -0.05) is 23.7 Å². The maximum atomic E-state index is 9.83. The minimum absolute atomic E-state index is 0.137. The highest BCUT2D eigenvalue weighted by Gasteiger charge is 2.15. The number of nitrogens with one attached hydrogen (secondary N) is 1. The first kappa shape index (κ1) is 10.4. The summed E-state index contributed by atoms with van der Waals surface area (Å²) in [7, 11) is 0. The van der Waals surface area contributed by atoms with E-state index in [9.17, 15) is 5.11 Å². The van der Waals surface area contributed by atoms with Crippen LogP contribution in [0.1, 0.15) is 17.6 Å². The summed E-state index contributed by atoms with van der Waals surface area (Å²) in [6.45, 7) is 0. The summed E-state index contributed by atoms with van der Waals surface area (Å²) in [5, 5.41) is 16.6. The van der Waals surface area contributed by atoms with E-state index in [4.69, 9.17) is 28.2 Å². The van der Waals surface area contributed by atoms with E-state index >= 15 is 0 Å². The molecule has 6 heteroatoms. The van der Waals surface area contributed by atoms with E-state index < -0.39 is 6.10 Å². The standard InChI is InChI=1S/C9H7ClN2O2S/c10-6-3-1-5(2-4-6)7(13)8-11-12-9(15)14-8/h1-4,7,13H,(H,12,15)/t7-/m1/s1. The Morgan fingerprint density at radius 3 is 2.60 bits per heavy atom. The number of hydrogen-bond acceptors (Lipinski definition) is 4. The zero-order chi connectivity index (χ0) is 10.8. The molecule has 2 N–H and O–H groups in total. The van der Waals surface area contributed by atoms with Gasteiger partial charge in [0.25, 0.3) is 4.84 Å². The van der Waals surface area contributed by atoms with Gasteiger partial charge in [0.05, 0.1) is 0 Å². The summed E-state index contributed by atoms with van der Waals surface area (Å²) < 4.78 is 5.00. The van der Waals surface area contributed by atoms with Crippen molar-refractivity contribution in [1.82, 2.24) is 10.2 Å². The lowest BCUT2D eigenvalue weighted by Gasteiger charge is -2.05. The highest BCUT2D eigenvalue weighted by atomic mass is 35.5. The zero-order valence-corrected chi connectivity index (χ0v) is 9.05. The third-order valence-electron chi connectivity index (χ3n) is 1.87. The van der Waals surface area contributed by atoms with E-state index in [0.717, 1.165) is 0 Å². The fraction of sp³-hybridized carbons (Fsp3) is 0.111. The van der Waals surface area contributed by atoms with Crippen LogP contribution < -0.4 is 0 Å². The SMILES string of the molecule is O[C@H](c1ccc(Cl)cc1)c1n[nH]c(=S)o1. The van der Waals surface area contributed by atoms with Crippen molar-refractivity contribution in [3.05, 3.63) is 45.6 Å². The molecule has 78 valence electrons. The second-order valence-electron chi connectivity index (χ2n) is 2.91. The molecule has 2 rings (SSSR count). The van der Waals surface area contributed by atoms with Crippen LogP contribution in [0.4, 0.5) is 0 Å². The first-order valence-corrected chi connectivity index (χ1v) is 4.94. The van der Waals surface area contributed by atoms with Crippen molar-refractivity contribution in [1.29, 1.82) is 0 Å². The van der Waals surface area contributed by atoms with E-state index in [1.807, 2.05) is 0 Å². The quantitative estimate of drug-likeness (QED) is 0.795.